The van der Waals surface area contributed by atoms with Crippen molar-refractivity contribution < 1.29 is 4.79 Å². The largest absolute Gasteiger partial charge is 0.289 e. The van der Waals surface area contributed by atoms with Crippen molar-refractivity contribution in [3.8, 4) is 202 Å². The zero-order valence-corrected chi connectivity index (χ0v) is 66.5. The van der Waals surface area contributed by atoms with Crippen LogP contribution in [0.5, 0.6) is 0 Å². The molecule has 7 nitrogen and oxygen atoms in total. The van der Waals surface area contributed by atoms with Gasteiger partial charge in [0, 0.05) is 44.5 Å². The number of aromatic nitrogens is 6. The molecule has 122 heavy (non-hydrogen) atoms. The number of nitrogens with zero attached hydrogens (tertiary/aromatic N) is 6. The summed E-state index contributed by atoms with van der Waals surface area (Å²) in [6.45, 7) is 0. The maximum atomic E-state index is 15.8. The molecule has 20 rings (SSSR count). The van der Waals surface area contributed by atoms with Gasteiger partial charge < -0.3 is 0 Å². The Morgan fingerprint density at radius 2 is 0.270 bits per heavy atom. The van der Waals surface area contributed by atoms with Gasteiger partial charge in [0.15, 0.2) is 40.7 Å². The van der Waals surface area contributed by atoms with Gasteiger partial charge in [0.2, 0.25) is 0 Å². The van der Waals surface area contributed by atoms with Crippen LogP contribution in [0.3, 0.4) is 0 Å². The fraction of sp³-hybridized carbons (Fsp3) is 0. The highest BCUT2D eigenvalue weighted by molar-refractivity contribution is 6.16. The van der Waals surface area contributed by atoms with Gasteiger partial charge in [0.05, 0.1) is 0 Å². The number of benzene rings is 18. The Morgan fingerprint density at radius 3 is 0.492 bits per heavy atom. The molecule has 0 N–H and O–H groups in total. The third-order valence-corrected chi connectivity index (χ3v) is 22.5. The summed E-state index contributed by atoms with van der Waals surface area (Å²) in [5.41, 5.74) is 30.5. The van der Waals surface area contributed by atoms with Gasteiger partial charge in [-0.15, -0.1) is 0 Å². The van der Waals surface area contributed by atoms with Crippen molar-refractivity contribution in [2.45, 2.75) is 0 Å². The Hall–Kier alpha value is -16.4. The first kappa shape index (κ1) is 74.5. The highest BCUT2D eigenvalue weighted by Gasteiger charge is 2.24. The summed E-state index contributed by atoms with van der Waals surface area (Å²) in [5.74, 6) is 3.13. The van der Waals surface area contributed by atoms with Crippen molar-refractivity contribution in [2.75, 3.05) is 0 Å². The quantitative estimate of drug-likeness (QED) is 0.0702. The van der Waals surface area contributed by atoms with Crippen LogP contribution in [0.2, 0.25) is 0 Å². The summed E-state index contributed by atoms with van der Waals surface area (Å²) >= 11 is 0. The third kappa shape index (κ3) is 16.0. The second kappa shape index (κ2) is 33.7. The predicted octanol–water partition coefficient (Wildman–Crippen LogP) is 29.3. The highest BCUT2D eigenvalue weighted by Crippen LogP contribution is 2.42. The van der Waals surface area contributed by atoms with Crippen molar-refractivity contribution in [2.24, 2.45) is 0 Å². The lowest BCUT2D eigenvalue weighted by Gasteiger charge is -2.15. The van der Waals surface area contributed by atoms with Crippen molar-refractivity contribution in [3.63, 3.8) is 0 Å². The smallest absolute Gasteiger partial charge is 0.194 e. The van der Waals surface area contributed by atoms with E-state index in [1.165, 1.54) is 0 Å². The average molecular weight is 1560 g/mol. The highest BCUT2D eigenvalue weighted by atomic mass is 16.1. The number of ketones is 1. The van der Waals surface area contributed by atoms with Gasteiger partial charge in [-0.2, -0.15) is 0 Å². The van der Waals surface area contributed by atoms with Crippen molar-refractivity contribution in [1.82, 2.24) is 29.9 Å². The lowest BCUT2D eigenvalue weighted by molar-refractivity contribution is 0.104. The van der Waals surface area contributed by atoms with E-state index in [1.807, 2.05) is 97.1 Å². The molecule has 18 aromatic carbocycles. The minimum Gasteiger partial charge on any atom is -0.289 e. The maximum absolute atomic E-state index is 15.8. The molecule has 2 heterocycles. The molecule has 2 aromatic heterocycles. The first-order valence-electron chi connectivity index (χ1n) is 41.0. The summed E-state index contributed by atoms with van der Waals surface area (Å²) in [5, 5.41) is 0. The average Bonchev–Trinajstić information content (AvgIpc) is 0.782. The van der Waals surface area contributed by atoms with Crippen molar-refractivity contribution >= 4 is 5.78 Å². The van der Waals surface area contributed by atoms with Crippen molar-refractivity contribution in [1.29, 1.82) is 0 Å². The molecule has 0 bridgehead atoms. The monoisotopic (exact) mass is 1560 g/mol. The van der Waals surface area contributed by atoms with E-state index in [0.29, 0.717) is 46.1 Å². The summed E-state index contributed by atoms with van der Waals surface area (Å²) in [7, 11) is 0. The zero-order chi connectivity index (χ0) is 81.5. The molecule has 0 aliphatic heterocycles. The van der Waals surface area contributed by atoms with Gasteiger partial charge in [-0.05, 0) is 231 Å². The summed E-state index contributed by atoms with van der Waals surface area (Å²) in [6, 6.07) is 160. The van der Waals surface area contributed by atoms with Crippen LogP contribution >= 0.6 is 0 Å². The molecule has 0 spiro atoms. The van der Waals surface area contributed by atoms with Crippen LogP contribution in [-0.2, 0) is 0 Å². The molecular weight excluding hydrogens is 1480 g/mol. The van der Waals surface area contributed by atoms with Crippen LogP contribution < -0.4 is 0 Å². The molecule has 0 saturated heterocycles. The van der Waals surface area contributed by atoms with Crippen LogP contribution in [0.15, 0.2) is 461 Å². The maximum Gasteiger partial charge on any atom is 0.194 e. The number of hydrogen-bond acceptors (Lipinski definition) is 7. The molecule has 0 atom stereocenters. The van der Waals surface area contributed by atoms with Gasteiger partial charge in [-0.1, -0.05) is 364 Å². The molecule has 0 radical (unpaired) electrons. The normalized spacial score (nSPS) is 11.1. The van der Waals surface area contributed by atoms with E-state index in [4.69, 9.17) is 29.9 Å². The summed E-state index contributed by atoms with van der Waals surface area (Å²) in [4.78, 5) is 48.5. The summed E-state index contributed by atoms with van der Waals surface area (Å²) < 4.78 is 0. The second-order valence-electron chi connectivity index (χ2n) is 30.5. The van der Waals surface area contributed by atoms with E-state index in [-0.39, 0.29) is 5.78 Å². The fourth-order valence-corrected chi connectivity index (χ4v) is 16.4. The molecule has 0 saturated carbocycles. The molecule has 0 unspecified atom stereocenters. The first-order valence-corrected chi connectivity index (χ1v) is 41.0. The minimum atomic E-state index is -0.0929. The number of rotatable bonds is 20. The molecule has 0 aliphatic carbocycles. The Balaban J connectivity index is 0.647. The van der Waals surface area contributed by atoms with Gasteiger partial charge >= 0.3 is 0 Å². The van der Waals surface area contributed by atoms with E-state index in [9.17, 15) is 0 Å². The first-order chi connectivity index (χ1) is 60.3. The summed E-state index contributed by atoms with van der Waals surface area (Å²) in [6.07, 6.45) is 0. The van der Waals surface area contributed by atoms with Gasteiger partial charge in [-0.25, -0.2) is 29.9 Å². The number of carbonyl (C=O) groups excluding carboxylic acids is 1. The van der Waals surface area contributed by atoms with E-state index >= 15 is 4.79 Å². The van der Waals surface area contributed by atoms with Crippen LogP contribution in [0.4, 0.5) is 0 Å². The van der Waals surface area contributed by atoms with E-state index in [2.05, 4.69) is 364 Å². The molecule has 572 valence electrons. The molecule has 0 fully saturated rings. The van der Waals surface area contributed by atoms with Crippen LogP contribution in [-0.4, -0.2) is 35.7 Å². The van der Waals surface area contributed by atoms with E-state index in [0.717, 1.165) is 167 Å². The fourth-order valence-electron chi connectivity index (χ4n) is 16.4. The van der Waals surface area contributed by atoms with E-state index < -0.39 is 0 Å². The van der Waals surface area contributed by atoms with Crippen LogP contribution in [0.25, 0.3) is 202 Å². The van der Waals surface area contributed by atoms with Gasteiger partial charge in [0.1, 0.15) is 0 Å². The Morgan fingerprint density at radius 1 is 0.123 bits per heavy atom. The lowest BCUT2D eigenvalue weighted by Crippen LogP contribution is -2.05. The minimum absolute atomic E-state index is 0.0929. The number of carbonyl (C=O) groups is 1. The number of hydrogen-bond donors (Lipinski definition) is 0. The zero-order valence-electron chi connectivity index (χ0n) is 66.5. The van der Waals surface area contributed by atoms with Crippen molar-refractivity contribution in [3.05, 3.63) is 472 Å². The Bertz CT molecular complexity index is 6280. The van der Waals surface area contributed by atoms with Crippen LogP contribution in [0.1, 0.15) is 15.9 Å². The Labute approximate surface area is 709 Å². The molecule has 7 heteroatoms. The third-order valence-electron chi connectivity index (χ3n) is 22.5. The van der Waals surface area contributed by atoms with Gasteiger partial charge in [-0.3, -0.25) is 4.79 Å². The predicted molar refractivity (Wildman–Crippen MR) is 501 cm³/mol. The Kier molecular flexibility index (Phi) is 20.6. The molecule has 0 amide bonds. The molecule has 20 aromatic rings. The molecular formula is C115H76N6O. The molecule has 0 aliphatic rings. The second-order valence-corrected chi connectivity index (χ2v) is 30.5. The van der Waals surface area contributed by atoms with Crippen LogP contribution in [0, 0.1) is 0 Å². The van der Waals surface area contributed by atoms with Gasteiger partial charge in [0.25, 0.3) is 0 Å². The standard InChI is InChI=1S/C115H76N6O/c122-109(107-59-27-25-57-105(107)89-53-29-49-85(61-89)87-51-31-55-91(63-87)110-116-112(101-69-93(77-33-9-1-10-34-77)65-94(70-101)78-35-11-2-12-36-78)120-113(117-110)102-71-95(79-37-13-3-14-38-79)66-96(72-102)80-39-15-4-16-40-80)108-60-28-26-58-106(108)90-54-30-50-86(62-90)88-52-32-56-92(64-88)111-118-114(103-73-97(81-41-17-5-18-42-81)67-98(74-103)82-43-19-6-20-44-82)121-115(119-111)104-75-99(83-45-21-7-22-46-83)68-100(76-104)84-47-23-8-24-48-84/h1-76H. The topological polar surface area (TPSA) is 94.4 Å². The lowest BCUT2D eigenvalue weighted by atomic mass is 9.88. The van der Waals surface area contributed by atoms with E-state index in [1.54, 1.807) is 0 Å². The SMILES string of the molecule is O=C(c1ccccc1-c1cccc(-c2cccc(-c3nc(-c4cc(-c5ccccc5)cc(-c5ccccc5)c4)nc(-c4cc(-c5ccccc5)cc(-c5ccccc5)c4)n3)c2)c1)c1ccccc1-c1cccc(-c2cccc(-c3nc(-c4cc(-c5ccccc5)cc(-c5ccccc5)c4)nc(-c4cc(-c5ccccc5)cc(-c5ccccc5)c4)n3)c2)c1.